The molecule has 1 atom stereocenters. The zero-order chi connectivity index (χ0) is 20.1. The van der Waals surface area contributed by atoms with Crippen molar-refractivity contribution in [3.63, 3.8) is 0 Å². The van der Waals surface area contributed by atoms with E-state index in [0.717, 1.165) is 0 Å². The lowest BCUT2D eigenvalue weighted by Crippen LogP contribution is -2.45. The largest absolute Gasteiger partial charge is 0.465 e. The number of aromatic nitrogens is 2. The van der Waals surface area contributed by atoms with Crippen LogP contribution < -0.4 is 5.73 Å². The molecule has 0 saturated heterocycles. The Bertz CT molecular complexity index is 935. The van der Waals surface area contributed by atoms with Crippen molar-refractivity contribution in [2.24, 2.45) is 11.1 Å². The number of fused-ring (bicyclic) bond motifs is 1. The van der Waals surface area contributed by atoms with E-state index in [2.05, 4.69) is 5.10 Å². The zero-order valence-corrected chi connectivity index (χ0v) is 15.9. The quantitative estimate of drug-likeness (QED) is 0.813. The van der Waals surface area contributed by atoms with Crippen LogP contribution in [0, 0.1) is 11.2 Å². The third-order valence-electron chi connectivity index (χ3n) is 4.75. The number of hydrogen-bond acceptors (Lipinski definition) is 3. The minimum atomic E-state index is -1.08. The van der Waals surface area contributed by atoms with E-state index in [1.165, 1.54) is 23.1 Å². The Morgan fingerprint density at radius 2 is 2.04 bits per heavy atom. The number of nitrogens with two attached hydrogens (primary N) is 1. The lowest BCUT2D eigenvalue weighted by Gasteiger charge is -2.39. The van der Waals surface area contributed by atoms with Gasteiger partial charge >= 0.3 is 6.09 Å². The van der Waals surface area contributed by atoms with Crippen molar-refractivity contribution in [3.8, 4) is 11.3 Å². The Morgan fingerprint density at radius 3 is 2.56 bits per heavy atom. The van der Waals surface area contributed by atoms with Gasteiger partial charge in [0.25, 0.3) is 5.91 Å². The van der Waals surface area contributed by atoms with E-state index in [1.807, 2.05) is 20.8 Å². The fourth-order valence-corrected chi connectivity index (χ4v) is 3.48. The van der Waals surface area contributed by atoms with Crippen molar-refractivity contribution in [3.05, 3.63) is 40.3 Å². The molecular formula is C18H20ClFN4O3. The summed E-state index contributed by atoms with van der Waals surface area (Å²) in [6.07, 6.45) is -1.08. The van der Waals surface area contributed by atoms with Gasteiger partial charge in [0.15, 0.2) is 0 Å². The van der Waals surface area contributed by atoms with Gasteiger partial charge in [-0.2, -0.15) is 5.10 Å². The monoisotopic (exact) mass is 394 g/mol. The number of hydrogen-bond donors (Lipinski definition) is 2. The Morgan fingerprint density at radius 1 is 1.37 bits per heavy atom. The molecule has 0 fully saturated rings. The van der Waals surface area contributed by atoms with Gasteiger partial charge in [0.1, 0.15) is 11.5 Å². The van der Waals surface area contributed by atoms with Crippen molar-refractivity contribution in [1.29, 1.82) is 0 Å². The predicted molar refractivity (Wildman–Crippen MR) is 98.1 cm³/mol. The third-order valence-corrected chi connectivity index (χ3v) is 5.04. The van der Waals surface area contributed by atoms with Crippen LogP contribution in [0.1, 0.15) is 42.9 Å². The highest BCUT2D eigenvalue weighted by Gasteiger charge is 2.39. The van der Waals surface area contributed by atoms with Gasteiger partial charge in [0.05, 0.1) is 28.9 Å². The van der Waals surface area contributed by atoms with Gasteiger partial charge in [-0.05, 0) is 23.6 Å². The van der Waals surface area contributed by atoms with Crippen LogP contribution in [0.3, 0.4) is 0 Å². The summed E-state index contributed by atoms with van der Waals surface area (Å²) in [4.78, 5) is 25.0. The molecule has 0 saturated carbocycles. The van der Waals surface area contributed by atoms with Gasteiger partial charge in [0, 0.05) is 12.1 Å². The molecule has 2 heterocycles. The van der Waals surface area contributed by atoms with Crippen molar-refractivity contribution in [1.82, 2.24) is 14.7 Å². The van der Waals surface area contributed by atoms with Crippen molar-refractivity contribution in [2.75, 3.05) is 6.54 Å². The Hall–Kier alpha value is -2.61. The predicted octanol–water partition coefficient (Wildman–Crippen LogP) is 3.52. The zero-order valence-electron chi connectivity index (χ0n) is 15.2. The maximum atomic E-state index is 13.5. The van der Waals surface area contributed by atoms with Crippen LogP contribution in [0.4, 0.5) is 9.18 Å². The lowest BCUT2D eigenvalue weighted by atomic mass is 9.85. The summed E-state index contributed by atoms with van der Waals surface area (Å²) in [6, 6.07) is 3.72. The van der Waals surface area contributed by atoms with Crippen LogP contribution in [0.15, 0.2) is 18.2 Å². The van der Waals surface area contributed by atoms with Crippen LogP contribution >= 0.6 is 11.6 Å². The van der Waals surface area contributed by atoms with Crippen molar-refractivity contribution in [2.45, 2.75) is 33.4 Å². The molecule has 3 N–H and O–H groups in total. The van der Waals surface area contributed by atoms with Gasteiger partial charge in [-0.25, -0.2) is 9.18 Å². The molecule has 1 aromatic heterocycles. The number of halogens is 2. The first kappa shape index (κ1) is 19.2. The van der Waals surface area contributed by atoms with Gasteiger partial charge in [-0.3, -0.25) is 9.48 Å². The molecule has 3 rings (SSSR count). The van der Waals surface area contributed by atoms with Crippen LogP contribution in [0.25, 0.3) is 11.3 Å². The molecular weight excluding hydrogens is 375 g/mol. The summed E-state index contributed by atoms with van der Waals surface area (Å²) in [5.74, 6) is -1.32. The van der Waals surface area contributed by atoms with Gasteiger partial charge in [0.2, 0.25) is 0 Å². The Balaban J connectivity index is 2.25. The van der Waals surface area contributed by atoms with Crippen LogP contribution in [0.5, 0.6) is 0 Å². The maximum absolute atomic E-state index is 13.5. The number of amides is 2. The van der Waals surface area contributed by atoms with Crippen LogP contribution in [-0.4, -0.2) is 38.3 Å². The topological polar surface area (TPSA) is 101 Å². The summed E-state index contributed by atoms with van der Waals surface area (Å²) in [7, 11) is 0. The Kier molecular flexibility index (Phi) is 4.63. The molecule has 1 aromatic carbocycles. The fourth-order valence-electron chi connectivity index (χ4n) is 3.30. The molecule has 144 valence electrons. The average Bonchev–Trinajstić information content (AvgIpc) is 2.94. The molecule has 1 unspecified atom stereocenters. The minimum Gasteiger partial charge on any atom is -0.465 e. The maximum Gasteiger partial charge on any atom is 0.407 e. The lowest BCUT2D eigenvalue weighted by molar-refractivity contribution is 0.0868. The molecule has 0 aliphatic carbocycles. The first-order valence-corrected chi connectivity index (χ1v) is 8.73. The number of carbonyl (C=O) groups excluding carboxylic acids is 1. The molecule has 1 aliphatic rings. The number of primary amides is 1. The minimum absolute atomic E-state index is 0.0118. The molecule has 1 aliphatic heterocycles. The van der Waals surface area contributed by atoms with Gasteiger partial charge in [-0.15, -0.1) is 0 Å². The summed E-state index contributed by atoms with van der Waals surface area (Å²) in [5.41, 5.74) is 6.51. The molecule has 0 bridgehead atoms. The van der Waals surface area contributed by atoms with E-state index < -0.39 is 17.8 Å². The highest BCUT2D eigenvalue weighted by molar-refractivity contribution is 6.31. The van der Waals surface area contributed by atoms with E-state index in [4.69, 9.17) is 17.3 Å². The summed E-state index contributed by atoms with van der Waals surface area (Å²) >= 11 is 5.88. The average molecular weight is 395 g/mol. The fraction of sp³-hybridized carbons (Fsp3) is 0.389. The number of nitrogens with zero attached hydrogens (tertiary/aromatic N) is 3. The normalized spacial score (nSPS) is 16.9. The van der Waals surface area contributed by atoms with Crippen molar-refractivity contribution < 1.29 is 19.1 Å². The summed E-state index contributed by atoms with van der Waals surface area (Å²) < 4.78 is 15.2. The molecule has 2 aromatic rings. The van der Waals surface area contributed by atoms with Crippen molar-refractivity contribution >= 4 is 23.6 Å². The third kappa shape index (κ3) is 3.37. The number of carboxylic acid groups (broad SMARTS) is 1. The molecule has 2 amide bonds. The van der Waals surface area contributed by atoms with Crippen LogP contribution in [0.2, 0.25) is 5.02 Å². The van der Waals surface area contributed by atoms with E-state index >= 15 is 0 Å². The van der Waals surface area contributed by atoms with E-state index in [1.54, 1.807) is 4.68 Å². The van der Waals surface area contributed by atoms with Crippen LogP contribution in [-0.2, 0) is 6.54 Å². The van der Waals surface area contributed by atoms with Gasteiger partial charge in [-0.1, -0.05) is 32.4 Å². The first-order chi connectivity index (χ1) is 12.5. The highest BCUT2D eigenvalue weighted by atomic mass is 35.5. The standard InChI is InChI=1S/C18H20ClFN4O3/c1-18(2,3)13-8-23(17(26)27)7-12-14(16(21)25)15(22-24(12)13)9-4-5-11(20)10(19)6-9/h4-6,13H,7-8H2,1-3H3,(H2,21,25)(H,26,27). The number of rotatable bonds is 2. The summed E-state index contributed by atoms with van der Waals surface area (Å²) in [6.45, 7) is 6.12. The SMILES string of the molecule is CC(C)(C)C1CN(C(=O)O)Cc2c(C(N)=O)c(-c3ccc(F)c(Cl)c3)nn21. The Labute approximate surface area is 160 Å². The smallest absolute Gasteiger partial charge is 0.407 e. The molecule has 7 nitrogen and oxygen atoms in total. The second-order valence-electron chi connectivity index (χ2n) is 7.65. The highest BCUT2D eigenvalue weighted by Crippen LogP contribution is 2.39. The molecule has 27 heavy (non-hydrogen) atoms. The first-order valence-electron chi connectivity index (χ1n) is 8.35. The van der Waals surface area contributed by atoms with E-state index in [0.29, 0.717) is 11.3 Å². The van der Waals surface area contributed by atoms with E-state index in [-0.39, 0.29) is 40.8 Å². The number of carbonyl (C=O) groups is 2. The van der Waals surface area contributed by atoms with Gasteiger partial charge < -0.3 is 15.7 Å². The molecule has 0 spiro atoms. The molecule has 9 heteroatoms. The second-order valence-corrected chi connectivity index (χ2v) is 8.06. The number of benzene rings is 1. The van der Waals surface area contributed by atoms with E-state index in [9.17, 15) is 19.1 Å². The summed E-state index contributed by atoms with van der Waals surface area (Å²) in [5, 5.41) is 14.0. The second kappa shape index (κ2) is 6.53. The molecule has 0 radical (unpaired) electrons.